The van der Waals surface area contributed by atoms with Crippen LogP contribution in [0.3, 0.4) is 0 Å². The van der Waals surface area contributed by atoms with Crippen LogP contribution in [0.1, 0.15) is 24.8 Å². The molecule has 0 saturated carbocycles. The highest BCUT2D eigenvalue weighted by molar-refractivity contribution is 7.99. The van der Waals surface area contributed by atoms with Gasteiger partial charge in [-0.25, -0.2) is 4.79 Å². The molecule has 166 valence electrons. The maximum Gasteiger partial charge on any atom is 0.319 e. The van der Waals surface area contributed by atoms with Gasteiger partial charge in [-0.2, -0.15) is 0 Å². The molecular weight excluding hydrogens is 410 g/mol. The number of carbonyl (C=O) groups is 2. The molecule has 2 aromatic rings. The lowest BCUT2D eigenvalue weighted by Crippen LogP contribution is -2.44. The number of anilines is 1. The largest absolute Gasteiger partial charge is 0.497 e. The van der Waals surface area contributed by atoms with Crippen LogP contribution in [0.15, 0.2) is 53.4 Å². The summed E-state index contributed by atoms with van der Waals surface area (Å²) in [6, 6.07) is 15.4. The first-order valence-electron chi connectivity index (χ1n) is 10.7. The van der Waals surface area contributed by atoms with E-state index < -0.39 is 0 Å². The number of nitrogens with one attached hydrogen (secondary N) is 2. The molecule has 0 bridgehead atoms. The van der Waals surface area contributed by atoms with E-state index in [2.05, 4.69) is 10.6 Å². The smallest absolute Gasteiger partial charge is 0.319 e. The number of ether oxygens (including phenoxy) is 1. The Morgan fingerprint density at radius 3 is 2.58 bits per heavy atom. The summed E-state index contributed by atoms with van der Waals surface area (Å²) < 4.78 is 5.17. The number of hydrogen-bond acceptors (Lipinski definition) is 4. The van der Waals surface area contributed by atoms with Crippen LogP contribution >= 0.6 is 11.8 Å². The van der Waals surface area contributed by atoms with Gasteiger partial charge in [0.25, 0.3) is 0 Å². The van der Waals surface area contributed by atoms with E-state index in [9.17, 15) is 9.59 Å². The van der Waals surface area contributed by atoms with Gasteiger partial charge in [0.05, 0.1) is 7.11 Å². The average molecular weight is 442 g/mol. The van der Waals surface area contributed by atoms with E-state index >= 15 is 0 Å². The average Bonchev–Trinajstić information content (AvgIpc) is 2.80. The van der Waals surface area contributed by atoms with Crippen molar-refractivity contribution in [1.29, 1.82) is 0 Å². The van der Waals surface area contributed by atoms with Crippen LogP contribution in [-0.2, 0) is 4.79 Å². The van der Waals surface area contributed by atoms with Crippen molar-refractivity contribution < 1.29 is 14.3 Å². The zero-order valence-corrected chi connectivity index (χ0v) is 19.0. The van der Waals surface area contributed by atoms with Crippen molar-refractivity contribution in [3.8, 4) is 5.75 Å². The number of amides is 3. The number of thioether (sulfide) groups is 1. The molecule has 3 amide bonds. The van der Waals surface area contributed by atoms with Crippen molar-refractivity contribution >= 4 is 29.4 Å². The van der Waals surface area contributed by atoms with Gasteiger partial charge in [-0.1, -0.05) is 17.7 Å². The summed E-state index contributed by atoms with van der Waals surface area (Å²) >= 11 is 1.68. The minimum absolute atomic E-state index is 0.190. The Morgan fingerprint density at radius 2 is 1.87 bits per heavy atom. The van der Waals surface area contributed by atoms with Gasteiger partial charge < -0.3 is 20.3 Å². The van der Waals surface area contributed by atoms with Crippen molar-refractivity contribution in [2.45, 2.75) is 31.1 Å². The Kier molecular flexibility index (Phi) is 8.64. The van der Waals surface area contributed by atoms with Crippen LogP contribution in [-0.4, -0.2) is 49.3 Å². The van der Waals surface area contributed by atoms with E-state index in [1.165, 1.54) is 0 Å². The summed E-state index contributed by atoms with van der Waals surface area (Å²) in [6.07, 6.45) is 2.52. The predicted octanol–water partition coefficient (Wildman–Crippen LogP) is 4.55. The third kappa shape index (κ3) is 7.51. The Morgan fingerprint density at radius 1 is 1.13 bits per heavy atom. The van der Waals surface area contributed by atoms with Gasteiger partial charge in [-0.15, -0.1) is 11.8 Å². The molecule has 1 saturated heterocycles. The Labute approximate surface area is 188 Å². The molecule has 31 heavy (non-hydrogen) atoms. The van der Waals surface area contributed by atoms with Crippen molar-refractivity contribution in [1.82, 2.24) is 10.2 Å². The van der Waals surface area contributed by atoms with Gasteiger partial charge in [-0.3, -0.25) is 4.79 Å². The van der Waals surface area contributed by atoms with Crippen LogP contribution in [0.2, 0.25) is 0 Å². The number of methoxy groups -OCH3 is 1. The fraction of sp³-hybridized carbons (Fsp3) is 0.417. The van der Waals surface area contributed by atoms with E-state index in [4.69, 9.17) is 4.74 Å². The first-order chi connectivity index (χ1) is 15.0. The molecule has 0 radical (unpaired) electrons. The van der Waals surface area contributed by atoms with Crippen LogP contribution in [0, 0.1) is 12.8 Å². The number of benzene rings is 2. The minimum Gasteiger partial charge on any atom is -0.497 e. The second-order valence-electron chi connectivity index (χ2n) is 7.82. The summed E-state index contributed by atoms with van der Waals surface area (Å²) in [5.74, 6) is 2.07. The first kappa shape index (κ1) is 23.0. The molecule has 1 atom stereocenters. The molecule has 0 spiro atoms. The third-order valence-corrected chi connectivity index (χ3v) is 6.39. The van der Waals surface area contributed by atoms with E-state index in [-0.39, 0.29) is 17.9 Å². The van der Waals surface area contributed by atoms with E-state index in [1.807, 2.05) is 60.4 Å². The molecule has 1 fully saturated rings. The van der Waals surface area contributed by atoms with Crippen LogP contribution in [0.25, 0.3) is 0 Å². The molecule has 2 aromatic carbocycles. The zero-order chi connectivity index (χ0) is 22.1. The number of hydrogen-bond donors (Lipinski definition) is 2. The number of likely N-dealkylation sites (tertiary alicyclic amines) is 1. The number of rotatable bonds is 8. The molecule has 2 N–H and O–H groups in total. The predicted molar refractivity (Wildman–Crippen MR) is 126 cm³/mol. The SMILES string of the molecule is COc1ccc(SCCC(=O)N2CCCC(CNC(=O)Nc3ccc(C)cc3)C2)cc1. The number of carbonyl (C=O) groups excluding carboxylic acids is 2. The summed E-state index contributed by atoms with van der Waals surface area (Å²) in [5.41, 5.74) is 1.93. The van der Waals surface area contributed by atoms with Gasteiger partial charge in [0.15, 0.2) is 0 Å². The Balaban J connectivity index is 1.37. The third-order valence-electron chi connectivity index (χ3n) is 5.38. The standard InChI is InChI=1S/C24H31N3O3S/c1-18-5-7-20(8-6-18)26-24(29)25-16-19-4-3-14-27(17-19)23(28)13-15-31-22-11-9-21(30-2)10-12-22/h5-12,19H,3-4,13-17H2,1-2H3,(H2,25,26,29). The topological polar surface area (TPSA) is 70.7 Å². The summed E-state index contributed by atoms with van der Waals surface area (Å²) in [4.78, 5) is 27.9. The second-order valence-corrected chi connectivity index (χ2v) is 8.99. The molecule has 0 aliphatic carbocycles. The number of piperidine rings is 1. The van der Waals surface area contributed by atoms with Crippen LogP contribution < -0.4 is 15.4 Å². The summed E-state index contributed by atoms with van der Waals surface area (Å²) in [7, 11) is 1.65. The molecule has 7 heteroatoms. The quantitative estimate of drug-likeness (QED) is 0.590. The Hall–Kier alpha value is -2.67. The van der Waals surface area contributed by atoms with E-state index in [0.29, 0.717) is 19.5 Å². The normalized spacial score (nSPS) is 15.9. The van der Waals surface area contributed by atoms with E-state index in [1.54, 1.807) is 18.9 Å². The van der Waals surface area contributed by atoms with Gasteiger partial charge in [0.2, 0.25) is 5.91 Å². The number of aryl methyl sites for hydroxylation is 1. The lowest BCUT2D eigenvalue weighted by molar-refractivity contribution is -0.132. The van der Waals surface area contributed by atoms with Gasteiger partial charge >= 0.3 is 6.03 Å². The number of urea groups is 1. The lowest BCUT2D eigenvalue weighted by Gasteiger charge is -2.33. The highest BCUT2D eigenvalue weighted by Crippen LogP contribution is 2.23. The van der Waals surface area contributed by atoms with Crippen LogP contribution in [0.4, 0.5) is 10.5 Å². The minimum atomic E-state index is -0.205. The van der Waals surface area contributed by atoms with Crippen molar-refractivity contribution in [2.24, 2.45) is 5.92 Å². The first-order valence-corrected chi connectivity index (χ1v) is 11.7. The van der Waals surface area contributed by atoms with Gasteiger partial charge in [-0.05, 0) is 62.1 Å². The number of nitrogens with zero attached hydrogens (tertiary/aromatic N) is 1. The molecule has 6 nitrogen and oxygen atoms in total. The molecule has 1 aliphatic heterocycles. The van der Waals surface area contributed by atoms with Crippen molar-refractivity contribution in [3.63, 3.8) is 0 Å². The van der Waals surface area contributed by atoms with Crippen molar-refractivity contribution in [3.05, 3.63) is 54.1 Å². The van der Waals surface area contributed by atoms with E-state index in [0.717, 1.165) is 47.0 Å². The summed E-state index contributed by atoms with van der Waals surface area (Å²) in [5, 5.41) is 5.80. The Bertz CT molecular complexity index is 855. The molecule has 3 rings (SSSR count). The fourth-order valence-electron chi connectivity index (χ4n) is 3.59. The van der Waals surface area contributed by atoms with Crippen molar-refractivity contribution in [2.75, 3.05) is 37.8 Å². The molecule has 1 aliphatic rings. The second kappa shape index (κ2) is 11.6. The molecule has 1 heterocycles. The maximum absolute atomic E-state index is 12.6. The molecular formula is C24H31N3O3S. The fourth-order valence-corrected chi connectivity index (χ4v) is 4.43. The van der Waals surface area contributed by atoms with Gasteiger partial charge in [0, 0.05) is 42.4 Å². The van der Waals surface area contributed by atoms with Crippen LogP contribution in [0.5, 0.6) is 5.75 Å². The highest BCUT2D eigenvalue weighted by atomic mass is 32.2. The highest BCUT2D eigenvalue weighted by Gasteiger charge is 2.23. The maximum atomic E-state index is 12.6. The zero-order valence-electron chi connectivity index (χ0n) is 18.2. The monoisotopic (exact) mass is 441 g/mol. The lowest BCUT2D eigenvalue weighted by atomic mass is 9.98. The molecule has 1 unspecified atom stereocenters. The van der Waals surface area contributed by atoms with Gasteiger partial charge in [0.1, 0.15) is 5.75 Å². The molecule has 0 aromatic heterocycles. The summed E-state index contributed by atoms with van der Waals surface area (Å²) in [6.45, 7) is 4.09.